The Morgan fingerprint density at radius 1 is 0.358 bits per heavy atom. The Labute approximate surface area is 269 Å². The molecule has 2 rings (SSSR count). The maximum absolute atomic E-state index is 14.3. The van der Waals surface area contributed by atoms with Crippen molar-refractivity contribution in [2.45, 2.75) is 102 Å². The summed E-state index contributed by atoms with van der Waals surface area (Å²) in [5.41, 5.74) is -2.82. The second-order valence-electron chi connectivity index (χ2n) is 10.7. The lowest BCUT2D eigenvalue weighted by molar-refractivity contribution is -0.480. The highest BCUT2D eigenvalue weighted by atomic mass is 19.4. The van der Waals surface area contributed by atoms with Gasteiger partial charge in [0.15, 0.2) is 0 Å². The van der Waals surface area contributed by atoms with Crippen LogP contribution in [0.25, 0.3) is 0 Å². The van der Waals surface area contributed by atoms with Crippen molar-refractivity contribution in [3.63, 3.8) is 0 Å². The third kappa shape index (κ3) is 5.08. The zero-order chi connectivity index (χ0) is 43.0. The van der Waals surface area contributed by atoms with Crippen LogP contribution >= 0.6 is 0 Å². The molecule has 0 bridgehead atoms. The van der Waals surface area contributed by atoms with Gasteiger partial charge in [-0.3, -0.25) is 4.79 Å². The molecular weight excluding hydrogens is 848 g/mol. The summed E-state index contributed by atoms with van der Waals surface area (Å²) in [7, 11) is 0. The van der Waals surface area contributed by atoms with E-state index >= 15 is 0 Å². The highest BCUT2D eigenvalue weighted by molar-refractivity contribution is 5.93. The molecule has 0 unspecified atom stereocenters. The number of alkyl halides is 28. The average Bonchev–Trinajstić information content (AvgIpc) is 2.95. The molecule has 0 amide bonds. The molecule has 0 aliphatic heterocycles. The van der Waals surface area contributed by atoms with Crippen LogP contribution in [0, 0.1) is 0 Å². The molecule has 2 aliphatic rings. The van der Waals surface area contributed by atoms with E-state index in [1.165, 1.54) is 0 Å². The molecule has 2 aliphatic carbocycles. The van der Waals surface area contributed by atoms with Crippen LogP contribution in [-0.2, 0) is 19.1 Å². The van der Waals surface area contributed by atoms with Crippen LogP contribution < -0.4 is 0 Å². The Bertz CT molecular complexity index is 1430. The highest BCUT2D eigenvalue weighted by Gasteiger charge is 3.00. The van der Waals surface area contributed by atoms with Gasteiger partial charge in [-0.05, 0) is 0 Å². The van der Waals surface area contributed by atoms with Gasteiger partial charge in [-0.25, -0.2) is 4.79 Å². The van der Waals surface area contributed by atoms with Crippen molar-refractivity contribution in [1.29, 1.82) is 0 Å². The van der Waals surface area contributed by atoms with E-state index in [2.05, 4.69) is 9.47 Å². The Morgan fingerprint density at radius 3 is 0.774 bits per heavy atom. The predicted molar refractivity (Wildman–Crippen MR) is 103 cm³/mol. The number of ether oxygens (including phenoxy) is 2. The minimum Gasteiger partial charge on any atom is -0.449 e. The largest absolute Gasteiger partial charge is 0.449 e. The molecule has 0 radical (unpaired) electrons. The average molecular weight is 854 g/mol. The number of hydrogen-bond donors (Lipinski definition) is 0. The second kappa shape index (κ2) is 11.4. The molecule has 0 atom stereocenters. The fourth-order valence-corrected chi connectivity index (χ4v) is 4.04. The summed E-state index contributed by atoms with van der Waals surface area (Å²) in [4.78, 5) is 23.6. The van der Waals surface area contributed by atoms with Crippen LogP contribution in [0.4, 0.5) is 123 Å². The Hall–Kier alpha value is -3.28. The number of carbonyl (C=O) groups excluding carboxylic acids is 2. The molecule has 2 saturated carbocycles. The molecule has 4 nitrogen and oxygen atoms in total. The van der Waals surface area contributed by atoms with Gasteiger partial charge in [-0.2, -0.15) is 123 Å². The van der Waals surface area contributed by atoms with E-state index in [1.807, 2.05) is 6.58 Å². The van der Waals surface area contributed by atoms with Crippen LogP contribution in [0.5, 0.6) is 0 Å². The van der Waals surface area contributed by atoms with Crippen molar-refractivity contribution in [3.05, 3.63) is 12.2 Å². The lowest BCUT2D eigenvalue weighted by Gasteiger charge is -2.48. The third-order valence-electron chi connectivity index (χ3n) is 7.27. The van der Waals surface area contributed by atoms with E-state index in [4.69, 9.17) is 0 Å². The third-order valence-corrected chi connectivity index (χ3v) is 7.27. The van der Waals surface area contributed by atoms with Gasteiger partial charge in [-0.1, -0.05) is 6.58 Å². The summed E-state index contributed by atoms with van der Waals surface area (Å²) < 4.78 is 394. The zero-order valence-electron chi connectivity index (χ0n) is 23.3. The molecule has 0 N–H and O–H groups in total. The first-order valence-electron chi connectivity index (χ1n) is 12.0. The first-order valence-corrected chi connectivity index (χ1v) is 12.0. The van der Waals surface area contributed by atoms with Crippen LogP contribution in [0.2, 0.25) is 0 Å². The molecule has 0 saturated heterocycles. The van der Waals surface area contributed by atoms with Crippen molar-refractivity contribution < 1.29 is 142 Å². The van der Waals surface area contributed by atoms with E-state index < -0.39 is 119 Å². The minimum absolute atomic E-state index is 1.91. The molecule has 32 heteroatoms. The van der Waals surface area contributed by atoms with E-state index in [1.54, 1.807) is 0 Å². The van der Waals surface area contributed by atoms with Crippen molar-refractivity contribution >= 4 is 11.9 Å². The summed E-state index contributed by atoms with van der Waals surface area (Å²) in [5.74, 6) is -125. The van der Waals surface area contributed by atoms with Gasteiger partial charge < -0.3 is 9.47 Å². The smallest absolute Gasteiger partial charge is 0.384 e. The first-order chi connectivity index (χ1) is 22.7. The van der Waals surface area contributed by atoms with E-state index in [9.17, 15) is 133 Å². The van der Waals surface area contributed by atoms with Gasteiger partial charge in [0, 0.05) is 5.57 Å². The maximum Gasteiger partial charge on any atom is 0.384 e. The molecule has 0 aromatic heterocycles. The molecule has 0 aromatic carbocycles. The molecule has 0 heterocycles. The van der Waals surface area contributed by atoms with E-state index in [0.717, 1.165) is 0 Å². The topological polar surface area (TPSA) is 52.6 Å². The minimum atomic E-state index is -8.57. The van der Waals surface area contributed by atoms with E-state index in [0.29, 0.717) is 0 Å². The van der Waals surface area contributed by atoms with Crippen molar-refractivity contribution in [2.75, 3.05) is 0 Å². The normalized spacial score (nSPS) is 30.6. The standard InChI is InChI=1S/C21H6F28O4/c1-3(5(51)53-7-10(26,27)14(34,35)18(42,43)21(48,49)19(44,45)15(36,37)11(7,28)29)2-4(50)52-6-8(22,23)12(30,31)16(38,39)20(46,47)17(40,41)13(32,33)9(6,24)25/h6-7H,1-2H2. The highest BCUT2D eigenvalue weighted by Crippen LogP contribution is 2.69. The lowest BCUT2D eigenvalue weighted by atomic mass is 9.80. The van der Waals surface area contributed by atoms with Gasteiger partial charge in [0.25, 0.3) is 0 Å². The second-order valence-corrected chi connectivity index (χ2v) is 10.7. The maximum atomic E-state index is 14.3. The molecule has 310 valence electrons. The summed E-state index contributed by atoms with van der Waals surface area (Å²) in [6.45, 7) is 1.91. The van der Waals surface area contributed by atoms with Crippen molar-refractivity contribution in [2.24, 2.45) is 0 Å². The van der Waals surface area contributed by atoms with Gasteiger partial charge in [0.2, 0.25) is 12.2 Å². The van der Waals surface area contributed by atoms with Crippen LogP contribution in [0.15, 0.2) is 12.2 Å². The van der Waals surface area contributed by atoms with Gasteiger partial charge in [0.1, 0.15) is 0 Å². The summed E-state index contributed by atoms with van der Waals surface area (Å²) >= 11 is 0. The number of carbonyl (C=O) groups is 2. The Morgan fingerprint density at radius 2 is 0.547 bits per heavy atom. The summed E-state index contributed by atoms with van der Waals surface area (Å²) in [6, 6.07) is 0. The van der Waals surface area contributed by atoms with E-state index in [-0.39, 0.29) is 0 Å². The lowest BCUT2D eigenvalue weighted by Crippen LogP contribution is -2.80. The quantitative estimate of drug-likeness (QED) is 0.158. The number of rotatable bonds is 5. The fourth-order valence-electron chi connectivity index (χ4n) is 4.04. The molecular formula is C21H6F28O4. The molecule has 0 aromatic rings. The van der Waals surface area contributed by atoms with Gasteiger partial charge in [-0.15, -0.1) is 0 Å². The summed E-state index contributed by atoms with van der Waals surface area (Å²) in [6.07, 6.45) is -16.4. The molecule has 2 fully saturated rings. The Kier molecular flexibility index (Phi) is 9.85. The van der Waals surface area contributed by atoms with Crippen LogP contribution in [0.1, 0.15) is 6.42 Å². The van der Waals surface area contributed by atoms with Crippen LogP contribution in [-0.4, -0.2) is 107 Å². The summed E-state index contributed by atoms with van der Waals surface area (Å²) in [5, 5.41) is 0. The van der Waals surface area contributed by atoms with Crippen LogP contribution in [0.3, 0.4) is 0 Å². The van der Waals surface area contributed by atoms with Gasteiger partial charge >= 0.3 is 94.9 Å². The SMILES string of the molecule is C=C(CC(=O)OC1C(F)(F)C(F)(F)C(F)(F)C(F)(F)C(F)(F)C(F)(F)C1(F)F)C(=O)OC1C(F)(F)C(F)(F)C(F)(F)C(F)(F)C(F)(F)C(F)(F)C1(F)F. The van der Waals surface area contributed by atoms with Crippen molar-refractivity contribution in [1.82, 2.24) is 0 Å². The number of esters is 2. The Balaban J connectivity index is 2.65. The monoisotopic (exact) mass is 854 g/mol. The van der Waals surface area contributed by atoms with Gasteiger partial charge in [0.05, 0.1) is 6.42 Å². The number of hydrogen-bond acceptors (Lipinski definition) is 4. The first kappa shape index (κ1) is 45.9. The van der Waals surface area contributed by atoms with Crippen molar-refractivity contribution in [3.8, 4) is 0 Å². The molecule has 53 heavy (non-hydrogen) atoms. The predicted octanol–water partition coefficient (Wildman–Crippen LogP) is 8.68. The molecule has 0 spiro atoms. The number of halogens is 28. The zero-order valence-corrected chi connectivity index (χ0v) is 23.3. The fraction of sp³-hybridized carbons (Fsp3) is 0.810.